The zero-order chi connectivity index (χ0) is 16.9. The first-order valence-electron chi connectivity index (χ1n) is 8.40. The summed E-state index contributed by atoms with van der Waals surface area (Å²) in [7, 11) is 0. The van der Waals surface area contributed by atoms with E-state index in [0.717, 1.165) is 43.5 Å². The van der Waals surface area contributed by atoms with E-state index in [-0.39, 0.29) is 18.6 Å². The van der Waals surface area contributed by atoms with Crippen molar-refractivity contribution in [1.82, 2.24) is 15.0 Å². The molecule has 1 fully saturated rings. The molecule has 3 rings (SSSR count). The fourth-order valence-corrected chi connectivity index (χ4v) is 3.14. The maximum atomic E-state index is 12.5. The lowest BCUT2D eigenvalue weighted by Gasteiger charge is -2.24. The highest BCUT2D eigenvalue weighted by atomic mass is 16.5. The molecule has 1 aromatic heterocycles. The van der Waals surface area contributed by atoms with Crippen molar-refractivity contribution < 1.29 is 14.1 Å². The van der Waals surface area contributed by atoms with Crippen molar-refractivity contribution in [3.8, 4) is 5.75 Å². The van der Waals surface area contributed by atoms with E-state index in [9.17, 15) is 4.79 Å². The second kappa shape index (κ2) is 7.47. The first-order chi connectivity index (χ1) is 11.6. The Kier molecular flexibility index (Phi) is 5.13. The van der Waals surface area contributed by atoms with Gasteiger partial charge in [0.1, 0.15) is 5.75 Å². The van der Waals surface area contributed by atoms with E-state index in [2.05, 4.69) is 10.1 Å². The van der Waals surface area contributed by atoms with Gasteiger partial charge in [-0.05, 0) is 43.9 Å². The summed E-state index contributed by atoms with van der Waals surface area (Å²) < 4.78 is 10.6. The van der Waals surface area contributed by atoms with Gasteiger partial charge in [-0.25, -0.2) is 0 Å². The summed E-state index contributed by atoms with van der Waals surface area (Å²) in [5.74, 6) is 2.07. The van der Waals surface area contributed by atoms with Gasteiger partial charge in [-0.15, -0.1) is 0 Å². The van der Waals surface area contributed by atoms with E-state index >= 15 is 0 Å². The van der Waals surface area contributed by atoms with E-state index in [1.807, 2.05) is 36.1 Å². The molecule has 0 radical (unpaired) electrons. The van der Waals surface area contributed by atoms with Gasteiger partial charge in [0.05, 0.1) is 0 Å². The lowest BCUT2D eigenvalue weighted by Crippen LogP contribution is -2.38. The van der Waals surface area contributed by atoms with Crippen LogP contribution < -0.4 is 4.74 Å². The summed E-state index contributed by atoms with van der Waals surface area (Å²) in [6, 6.07) is 7.98. The molecule has 1 atom stereocenters. The van der Waals surface area contributed by atoms with Gasteiger partial charge in [-0.3, -0.25) is 4.79 Å². The van der Waals surface area contributed by atoms with Crippen LogP contribution in [0.4, 0.5) is 0 Å². The number of hydrogen-bond acceptors (Lipinski definition) is 5. The van der Waals surface area contributed by atoms with Crippen LogP contribution in [0.3, 0.4) is 0 Å². The van der Waals surface area contributed by atoms with Crippen molar-refractivity contribution in [1.29, 1.82) is 0 Å². The maximum Gasteiger partial charge on any atom is 0.260 e. The third-order valence-electron chi connectivity index (χ3n) is 4.32. The van der Waals surface area contributed by atoms with Crippen molar-refractivity contribution >= 4 is 5.91 Å². The van der Waals surface area contributed by atoms with Crippen molar-refractivity contribution in [3.63, 3.8) is 0 Å². The predicted molar refractivity (Wildman–Crippen MR) is 88.8 cm³/mol. The molecule has 1 aliphatic heterocycles. The molecule has 0 N–H and O–H groups in total. The number of amides is 1. The van der Waals surface area contributed by atoms with E-state index in [1.165, 1.54) is 0 Å². The predicted octanol–water partition coefficient (Wildman–Crippen LogP) is 2.69. The Labute approximate surface area is 141 Å². The number of nitrogens with zero attached hydrogens (tertiary/aromatic N) is 3. The molecule has 0 aliphatic carbocycles. The number of aromatic nitrogens is 2. The van der Waals surface area contributed by atoms with Gasteiger partial charge in [0.25, 0.3) is 5.91 Å². The van der Waals surface area contributed by atoms with E-state index in [4.69, 9.17) is 9.26 Å². The molecule has 128 valence electrons. The maximum absolute atomic E-state index is 12.5. The van der Waals surface area contributed by atoms with Crippen LogP contribution in [0.15, 0.2) is 28.8 Å². The third kappa shape index (κ3) is 4.13. The molecule has 24 heavy (non-hydrogen) atoms. The lowest BCUT2D eigenvalue weighted by molar-refractivity contribution is -0.134. The van der Waals surface area contributed by atoms with Crippen molar-refractivity contribution in [2.75, 3.05) is 13.2 Å². The minimum atomic E-state index is 0.0447. The fourth-order valence-electron chi connectivity index (χ4n) is 3.14. The molecule has 0 saturated carbocycles. The Morgan fingerprint density at radius 3 is 3.04 bits per heavy atom. The highest BCUT2D eigenvalue weighted by molar-refractivity contribution is 5.78. The first kappa shape index (κ1) is 16.5. The number of hydrogen-bond donors (Lipinski definition) is 0. The van der Waals surface area contributed by atoms with Crippen LogP contribution in [-0.2, 0) is 11.2 Å². The van der Waals surface area contributed by atoms with Crippen LogP contribution in [0.1, 0.15) is 36.5 Å². The van der Waals surface area contributed by atoms with Crippen LogP contribution in [0.25, 0.3) is 0 Å². The summed E-state index contributed by atoms with van der Waals surface area (Å²) >= 11 is 0. The normalized spacial score (nSPS) is 17.2. The topological polar surface area (TPSA) is 68.5 Å². The highest BCUT2D eigenvalue weighted by Crippen LogP contribution is 2.22. The highest BCUT2D eigenvalue weighted by Gasteiger charge is 2.28. The standard InChI is InChI=1S/C18H23N3O3/c1-13-5-3-7-16(11-13)23-12-18(22)21-10-4-6-15(21)8-9-17-19-14(2)24-20-17/h3,5,7,11,15H,4,6,8-10,12H2,1-2H3. The molecule has 1 aliphatic rings. The summed E-state index contributed by atoms with van der Waals surface area (Å²) in [5, 5.41) is 3.92. The zero-order valence-corrected chi connectivity index (χ0v) is 14.2. The van der Waals surface area contributed by atoms with Gasteiger partial charge in [-0.1, -0.05) is 17.3 Å². The molecule has 0 spiro atoms. The zero-order valence-electron chi connectivity index (χ0n) is 14.2. The smallest absolute Gasteiger partial charge is 0.260 e. The fraction of sp³-hybridized carbons (Fsp3) is 0.500. The van der Waals surface area contributed by atoms with Crippen molar-refractivity contribution in [3.05, 3.63) is 41.5 Å². The van der Waals surface area contributed by atoms with Crippen LogP contribution in [-0.4, -0.2) is 40.1 Å². The summed E-state index contributed by atoms with van der Waals surface area (Å²) in [4.78, 5) is 18.6. The number of ether oxygens (including phenoxy) is 1. The molecule has 1 unspecified atom stereocenters. The number of carbonyl (C=O) groups excluding carboxylic acids is 1. The van der Waals surface area contributed by atoms with Gasteiger partial charge in [0.2, 0.25) is 5.89 Å². The number of likely N-dealkylation sites (tertiary alicyclic amines) is 1. The van der Waals surface area contributed by atoms with Gasteiger partial charge in [0.15, 0.2) is 12.4 Å². The second-order valence-corrected chi connectivity index (χ2v) is 6.26. The van der Waals surface area contributed by atoms with Gasteiger partial charge < -0.3 is 14.2 Å². The number of aryl methyl sites for hydroxylation is 3. The Bertz CT molecular complexity index is 698. The summed E-state index contributed by atoms with van der Waals surface area (Å²) in [5.41, 5.74) is 1.12. The molecule has 2 aromatic rings. The molecule has 0 bridgehead atoms. The van der Waals surface area contributed by atoms with Crippen LogP contribution in [0, 0.1) is 13.8 Å². The number of benzene rings is 1. The molecule has 1 saturated heterocycles. The minimum absolute atomic E-state index is 0.0447. The van der Waals surface area contributed by atoms with Gasteiger partial charge in [0, 0.05) is 25.9 Å². The average molecular weight is 329 g/mol. The summed E-state index contributed by atoms with van der Waals surface area (Å²) in [6.07, 6.45) is 3.64. The molecule has 6 heteroatoms. The van der Waals surface area contributed by atoms with E-state index in [0.29, 0.717) is 11.7 Å². The Balaban J connectivity index is 1.51. The Morgan fingerprint density at radius 2 is 2.29 bits per heavy atom. The summed E-state index contributed by atoms with van der Waals surface area (Å²) in [6.45, 7) is 4.67. The average Bonchev–Trinajstić information content (AvgIpc) is 3.19. The number of carbonyl (C=O) groups is 1. The van der Waals surface area contributed by atoms with E-state index in [1.54, 1.807) is 6.92 Å². The largest absolute Gasteiger partial charge is 0.484 e. The first-order valence-corrected chi connectivity index (χ1v) is 8.40. The molecule has 1 amide bonds. The monoisotopic (exact) mass is 329 g/mol. The molecular weight excluding hydrogens is 306 g/mol. The second-order valence-electron chi connectivity index (χ2n) is 6.26. The van der Waals surface area contributed by atoms with E-state index < -0.39 is 0 Å². The molecule has 6 nitrogen and oxygen atoms in total. The van der Waals surface area contributed by atoms with Crippen molar-refractivity contribution in [2.24, 2.45) is 0 Å². The minimum Gasteiger partial charge on any atom is -0.484 e. The third-order valence-corrected chi connectivity index (χ3v) is 4.32. The van der Waals surface area contributed by atoms with Gasteiger partial charge >= 0.3 is 0 Å². The molecular formula is C18H23N3O3. The van der Waals surface area contributed by atoms with Crippen LogP contribution in [0.5, 0.6) is 5.75 Å². The van der Waals surface area contributed by atoms with Crippen LogP contribution >= 0.6 is 0 Å². The quantitative estimate of drug-likeness (QED) is 0.815. The SMILES string of the molecule is Cc1cccc(OCC(=O)N2CCCC2CCc2noc(C)n2)c1. The van der Waals surface area contributed by atoms with Crippen LogP contribution in [0.2, 0.25) is 0 Å². The molecule has 1 aromatic carbocycles. The Morgan fingerprint density at radius 1 is 1.42 bits per heavy atom. The van der Waals surface area contributed by atoms with Crippen molar-refractivity contribution in [2.45, 2.75) is 45.6 Å². The number of rotatable bonds is 6. The van der Waals surface area contributed by atoms with Gasteiger partial charge in [-0.2, -0.15) is 4.98 Å². The molecule has 2 heterocycles. The Hall–Kier alpha value is -2.37. The lowest BCUT2D eigenvalue weighted by atomic mass is 10.1.